The summed E-state index contributed by atoms with van der Waals surface area (Å²) in [6.07, 6.45) is 0. The Hall–Kier alpha value is -3.44. The van der Waals surface area contributed by atoms with E-state index >= 15 is 0 Å². The van der Waals surface area contributed by atoms with Gasteiger partial charge in [0.05, 0.1) is 25.1 Å². The van der Waals surface area contributed by atoms with E-state index in [1.807, 2.05) is 0 Å². The second-order valence-electron chi connectivity index (χ2n) is 7.15. The van der Waals surface area contributed by atoms with Crippen LogP contribution in [0.4, 0.5) is 5.69 Å². The molecule has 1 fully saturated rings. The van der Waals surface area contributed by atoms with E-state index in [0.29, 0.717) is 11.4 Å². The number of amides is 3. The number of nitrogens with zero attached hydrogens (tertiary/aromatic N) is 2. The fourth-order valence-corrected chi connectivity index (χ4v) is 4.54. The standard InChI is InChI=1S/C21H24N4O6S/c1-24(13-20(27)23-16-4-3-5-17(12-16)31-2)21(28)15-6-8-18(9-7-15)32(29,30)25-11-10-22-19(26)14-25/h3-9,12H,10-11,13-14H2,1-2H3,(H,22,26)(H,23,27). The molecular formula is C21H24N4O6S. The second kappa shape index (κ2) is 9.79. The average molecular weight is 461 g/mol. The lowest BCUT2D eigenvalue weighted by Crippen LogP contribution is -2.49. The maximum atomic E-state index is 12.7. The normalized spacial score (nSPS) is 14.4. The number of hydrogen-bond acceptors (Lipinski definition) is 6. The first kappa shape index (κ1) is 23.2. The highest BCUT2D eigenvalue weighted by Crippen LogP contribution is 2.19. The minimum atomic E-state index is -3.84. The predicted octanol–water partition coefficient (Wildman–Crippen LogP) is 0.526. The van der Waals surface area contributed by atoms with Gasteiger partial charge in [-0.3, -0.25) is 14.4 Å². The zero-order valence-electron chi connectivity index (χ0n) is 17.7. The van der Waals surface area contributed by atoms with Crippen molar-refractivity contribution in [3.8, 4) is 5.75 Å². The third-order valence-corrected chi connectivity index (χ3v) is 6.68. The highest BCUT2D eigenvalue weighted by atomic mass is 32.2. The maximum absolute atomic E-state index is 12.7. The second-order valence-corrected chi connectivity index (χ2v) is 9.09. The number of carbonyl (C=O) groups is 3. The Kier molecular flexibility index (Phi) is 7.11. The molecule has 10 nitrogen and oxygen atoms in total. The van der Waals surface area contributed by atoms with E-state index in [4.69, 9.17) is 4.74 Å². The van der Waals surface area contributed by atoms with Gasteiger partial charge in [0.1, 0.15) is 5.75 Å². The zero-order chi connectivity index (χ0) is 23.3. The predicted molar refractivity (Wildman–Crippen MR) is 117 cm³/mol. The quantitative estimate of drug-likeness (QED) is 0.621. The number of benzene rings is 2. The van der Waals surface area contributed by atoms with Crippen molar-refractivity contribution in [3.63, 3.8) is 0 Å². The number of likely N-dealkylation sites (N-methyl/N-ethyl adjacent to an activating group) is 1. The number of carbonyl (C=O) groups excluding carboxylic acids is 3. The molecule has 170 valence electrons. The molecular weight excluding hydrogens is 436 g/mol. The molecule has 1 aliphatic heterocycles. The summed E-state index contributed by atoms with van der Waals surface area (Å²) in [6.45, 7) is -0.00964. The maximum Gasteiger partial charge on any atom is 0.254 e. The van der Waals surface area contributed by atoms with Gasteiger partial charge in [-0.2, -0.15) is 4.31 Å². The molecule has 0 radical (unpaired) electrons. The molecule has 0 spiro atoms. The van der Waals surface area contributed by atoms with Gasteiger partial charge in [-0.15, -0.1) is 0 Å². The molecule has 32 heavy (non-hydrogen) atoms. The minimum Gasteiger partial charge on any atom is -0.497 e. The van der Waals surface area contributed by atoms with Crippen molar-refractivity contribution in [1.82, 2.24) is 14.5 Å². The average Bonchev–Trinajstić information content (AvgIpc) is 2.78. The van der Waals surface area contributed by atoms with Crippen LogP contribution in [0.5, 0.6) is 5.75 Å². The van der Waals surface area contributed by atoms with E-state index < -0.39 is 21.8 Å². The van der Waals surface area contributed by atoms with Gasteiger partial charge < -0.3 is 20.3 Å². The third kappa shape index (κ3) is 5.42. The Bertz CT molecular complexity index is 1120. The van der Waals surface area contributed by atoms with Crippen LogP contribution in [0, 0.1) is 0 Å². The van der Waals surface area contributed by atoms with Gasteiger partial charge in [0.15, 0.2) is 0 Å². The summed E-state index contributed by atoms with van der Waals surface area (Å²) in [6, 6.07) is 12.2. The van der Waals surface area contributed by atoms with Crippen molar-refractivity contribution >= 4 is 33.4 Å². The van der Waals surface area contributed by atoms with Gasteiger partial charge in [0.25, 0.3) is 5.91 Å². The van der Waals surface area contributed by atoms with Crippen LogP contribution in [0.15, 0.2) is 53.4 Å². The number of anilines is 1. The van der Waals surface area contributed by atoms with E-state index in [9.17, 15) is 22.8 Å². The Balaban J connectivity index is 1.63. The molecule has 3 rings (SSSR count). The molecule has 0 saturated carbocycles. The van der Waals surface area contributed by atoms with Crippen LogP contribution < -0.4 is 15.4 Å². The lowest BCUT2D eigenvalue weighted by molar-refractivity contribution is -0.122. The molecule has 0 atom stereocenters. The zero-order valence-corrected chi connectivity index (χ0v) is 18.5. The molecule has 2 aromatic rings. The largest absolute Gasteiger partial charge is 0.497 e. The fraction of sp³-hybridized carbons (Fsp3) is 0.286. The van der Waals surface area contributed by atoms with E-state index in [-0.39, 0.29) is 42.5 Å². The van der Waals surface area contributed by atoms with Gasteiger partial charge >= 0.3 is 0 Å². The third-order valence-electron chi connectivity index (χ3n) is 4.82. The van der Waals surface area contributed by atoms with Gasteiger partial charge in [0, 0.05) is 37.5 Å². The summed E-state index contributed by atoms with van der Waals surface area (Å²) >= 11 is 0. The first-order valence-electron chi connectivity index (χ1n) is 9.77. The van der Waals surface area contributed by atoms with Crippen LogP contribution in [0.3, 0.4) is 0 Å². The Morgan fingerprint density at radius 1 is 1.19 bits per heavy atom. The highest BCUT2D eigenvalue weighted by Gasteiger charge is 2.29. The van der Waals surface area contributed by atoms with Crippen molar-refractivity contribution < 1.29 is 27.5 Å². The molecule has 1 heterocycles. The number of sulfonamides is 1. The molecule has 0 aliphatic carbocycles. The van der Waals surface area contributed by atoms with Crippen LogP contribution >= 0.6 is 0 Å². The van der Waals surface area contributed by atoms with Gasteiger partial charge in [-0.1, -0.05) is 6.07 Å². The Morgan fingerprint density at radius 2 is 1.91 bits per heavy atom. The number of hydrogen-bond donors (Lipinski definition) is 2. The Labute approximate surface area is 186 Å². The monoisotopic (exact) mass is 460 g/mol. The van der Waals surface area contributed by atoms with E-state index in [1.54, 1.807) is 24.3 Å². The van der Waals surface area contributed by atoms with E-state index in [1.165, 1.54) is 43.3 Å². The fourth-order valence-electron chi connectivity index (χ4n) is 3.15. The topological polar surface area (TPSA) is 125 Å². The number of rotatable bonds is 7. The minimum absolute atomic E-state index is 0.0119. The van der Waals surface area contributed by atoms with E-state index in [2.05, 4.69) is 10.6 Å². The van der Waals surface area contributed by atoms with Gasteiger partial charge in [-0.25, -0.2) is 8.42 Å². The number of piperazine rings is 1. The first-order valence-corrected chi connectivity index (χ1v) is 11.2. The van der Waals surface area contributed by atoms with E-state index in [0.717, 1.165) is 4.31 Å². The summed E-state index contributed by atoms with van der Waals surface area (Å²) in [5.41, 5.74) is 0.771. The van der Waals surface area contributed by atoms with Crippen LogP contribution in [-0.4, -0.2) is 75.7 Å². The molecule has 0 unspecified atom stereocenters. The summed E-state index contributed by atoms with van der Waals surface area (Å²) in [5.74, 6) is -0.600. The molecule has 2 aromatic carbocycles. The van der Waals surface area contributed by atoms with Crippen LogP contribution in [0.25, 0.3) is 0 Å². The van der Waals surface area contributed by atoms with Crippen LogP contribution in [0.1, 0.15) is 10.4 Å². The molecule has 2 N–H and O–H groups in total. The first-order chi connectivity index (χ1) is 15.2. The van der Waals surface area contributed by atoms with Crippen molar-refractivity contribution in [2.75, 3.05) is 45.7 Å². The van der Waals surface area contributed by atoms with Crippen LogP contribution in [0.2, 0.25) is 0 Å². The molecule has 0 bridgehead atoms. The highest BCUT2D eigenvalue weighted by molar-refractivity contribution is 7.89. The number of ether oxygens (including phenoxy) is 1. The molecule has 3 amide bonds. The van der Waals surface area contributed by atoms with Crippen molar-refractivity contribution in [2.45, 2.75) is 4.90 Å². The summed E-state index contributed by atoms with van der Waals surface area (Å²) in [5, 5.41) is 5.27. The summed E-state index contributed by atoms with van der Waals surface area (Å²) < 4.78 is 31.6. The van der Waals surface area contributed by atoms with Gasteiger partial charge in [-0.05, 0) is 36.4 Å². The van der Waals surface area contributed by atoms with Crippen molar-refractivity contribution in [1.29, 1.82) is 0 Å². The number of methoxy groups -OCH3 is 1. The molecule has 0 aromatic heterocycles. The molecule has 11 heteroatoms. The summed E-state index contributed by atoms with van der Waals surface area (Å²) in [7, 11) is -0.846. The summed E-state index contributed by atoms with van der Waals surface area (Å²) in [4.78, 5) is 37.7. The van der Waals surface area contributed by atoms with Crippen molar-refractivity contribution in [2.24, 2.45) is 0 Å². The number of nitrogens with one attached hydrogen (secondary N) is 2. The molecule has 1 saturated heterocycles. The lowest BCUT2D eigenvalue weighted by atomic mass is 10.2. The van der Waals surface area contributed by atoms with Crippen LogP contribution in [-0.2, 0) is 19.6 Å². The van der Waals surface area contributed by atoms with Crippen molar-refractivity contribution in [3.05, 3.63) is 54.1 Å². The smallest absolute Gasteiger partial charge is 0.254 e. The lowest BCUT2D eigenvalue weighted by Gasteiger charge is -2.26. The Morgan fingerprint density at radius 3 is 2.56 bits per heavy atom. The SMILES string of the molecule is COc1cccc(NC(=O)CN(C)C(=O)c2ccc(S(=O)(=O)N3CCNC(=O)C3)cc2)c1. The molecule has 1 aliphatic rings. The van der Waals surface area contributed by atoms with Gasteiger partial charge in [0.2, 0.25) is 21.8 Å².